The summed E-state index contributed by atoms with van der Waals surface area (Å²) >= 11 is 7.27. The minimum absolute atomic E-state index is 0.259. The molecule has 1 aromatic carbocycles. The van der Waals surface area contributed by atoms with E-state index in [-0.39, 0.29) is 12.5 Å². The summed E-state index contributed by atoms with van der Waals surface area (Å²) in [5, 5.41) is 3.35. The zero-order valence-corrected chi connectivity index (χ0v) is 17.8. The molecule has 1 aliphatic heterocycles. The summed E-state index contributed by atoms with van der Waals surface area (Å²) in [6.45, 7) is 1.45. The van der Waals surface area contributed by atoms with Crippen LogP contribution < -0.4 is 5.32 Å². The van der Waals surface area contributed by atoms with Crippen LogP contribution in [0.3, 0.4) is 0 Å². The number of benzene rings is 1. The Morgan fingerprint density at radius 3 is 2.54 bits per heavy atom. The highest BCUT2D eigenvalue weighted by molar-refractivity contribution is 7.91. The molecule has 1 fully saturated rings. The maximum absolute atomic E-state index is 12.8. The molecular formula is C20H23ClN2O3S2. The SMILES string of the molecule is O=C(/C=C/c1ccccc1Cl)NCc1ccc(S(=O)(=O)N2CCCCCC2)s1. The number of hydrogen-bond acceptors (Lipinski definition) is 4. The molecule has 2 heterocycles. The van der Waals surface area contributed by atoms with Crippen LogP contribution in [0.4, 0.5) is 0 Å². The molecule has 8 heteroatoms. The standard InChI is InChI=1S/C20H23ClN2O3S2/c21-18-8-4-3-7-16(18)9-11-19(24)22-15-17-10-12-20(27-17)28(25,26)23-13-5-1-2-6-14-23/h3-4,7-12H,1-2,5-6,13-15H2,(H,22,24)/b11-9+. The van der Waals surface area contributed by atoms with Gasteiger partial charge in [-0.05, 0) is 42.7 Å². The van der Waals surface area contributed by atoms with Gasteiger partial charge >= 0.3 is 0 Å². The van der Waals surface area contributed by atoms with E-state index in [1.807, 2.05) is 18.2 Å². The van der Waals surface area contributed by atoms with Crippen LogP contribution in [0.25, 0.3) is 6.08 Å². The van der Waals surface area contributed by atoms with Crippen LogP contribution in [0.15, 0.2) is 46.7 Å². The van der Waals surface area contributed by atoms with Gasteiger partial charge < -0.3 is 5.32 Å². The molecule has 0 spiro atoms. The lowest BCUT2D eigenvalue weighted by atomic mass is 10.2. The van der Waals surface area contributed by atoms with Crippen LogP contribution in [-0.4, -0.2) is 31.7 Å². The van der Waals surface area contributed by atoms with Gasteiger partial charge in [0.25, 0.3) is 10.0 Å². The second-order valence-corrected chi connectivity index (χ2v) is 10.4. The Balaban J connectivity index is 1.58. The van der Waals surface area contributed by atoms with Crippen molar-refractivity contribution in [3.63, 3.8) is 0 Å². The van der Waals surface area contributed by atoms with E-state index >= 15 is 0 Å². The fourth-order valence-electron chi connectivity index (χ4n) is 3.01. The molecule has 0 radical (unpaired) electrons. The van der Waals surface area contributed by atoms with Gasteiger partial charge in [0.15, 0.2) is 0 Å². The molecule has 0 unspecified atom stereocenters. The van der Waals surface area contributed by atoms with E-state index in [2.05, 4.69) is 5.32 Å². The van der Waals surface area contributed by atoms with Crippen molar-refractivity contribution in [2.24, 2.45) is 0 Å². The lowest BCUT2D eigenvalue weighted by Gasteiger charge is -2.18. The molecule has 0 saturated carbocycles. The second-order valence-electron chi connectivity index (χ2n) is 6.61. The maximum Gasteiger partial charge on any atom is 0.252 e. The van der Waals surface area contributed by atoms with Gasteiger partial charge in [-0.25, -0.2) is 8.42 Å². The van der Waals surface area contributed by atoms with Gasteiger partial charge in [0.2, 0.25) is 5.91 Å². The fourth-order valence-corrected chi connectivity index (χ4v) is 6.18. The average molecular weight is 439 g/mol. The summed E-state index contributed by atoms with van der Waals surface area (Å²) in [6.07, 6.45) is 7.05. The molecule has 3 rings (SSSR count). The van der Waals surface area contributed by atoms with Gasteiger partial charge in [-0.15, -0.1) is 11.3 Å². The molecule has 0 atom stereocenters. The van der Waals surface area contributed by atoms with Crippen molar-refractivity contribution < 1.29 is 13.2 Å². The largest absolute Gasteiger partial charge is 0.348 e. The Bertz CT molecular complexity index is 946. The van der Waals surface area contributed by atoms with Crippen LogP contribution in [0.1, 0.15) is 36.1 Å². The molecule has 150 valence electrons. The predicted octanol–water partition coefficient (Wildman–Crippen LogP) is 4.30. The van der Waals surface area contributed by atoms with E-state index < -0.39 is 10.0 Å². The molecular weight excluding hydrogens is 416 g/mol. The van der Waals surface area contributed by atoms with Gasteiger partial charge in [-0.2, -0.15) is 4.31 Å². The van der Waals surface area contributed by atoms with Gasteiger partial charge in [0, 0.05) is 29.1 Å². The van der Waals surface area contributed by atoms with Crippen molar-refractivity contribution >= 4 is 44.9 Å². The third-order valence-corrected chi connectivity index (χ3v) is 8.35. The third-order valence-electron chi connectivity index (χ3n) is 4.55. The lowest BCUT2D eigenvalue weighted by Crippen LogP contribution is -2.31. The smallest absolute Gasteiger partial charge is 0.252 e. The maximum atomic E-state index is 12.8. The first-order chi connectivity index (χ1) is 13.5. The zero-order valence-electron chi connectivity index (χ0n) is 15.4. The van der Waals surface area contributed by atoms with Crippen molar-refractivity contribution in [1.29, 1.82) is 0 Å². The van der Waals surface area contributed by atoms with Crippen LogP contribution in [-0.2, 0) is 21.4 Å². The number of rotatable bonds is 6. The first-order valence-electron chi connectivity index (χ1n) is 9.26. The molecule has 28 heavy (non-hydrogen) atoms. The van der Waals surface area contributed by atoms with Crippen molar-refractivity contribution in [1.82, 2.24) is 9.62 Å². The second kappa shape index (κ2) is 9.69. The Hall–Kier alpha value is -1.67. The van der Waals surface area contributed by atoms with Gasteiger partial charge in [0.1, 0.15) is 4.21 Å². The lowest BCUT2D eigenvalue weighted by molar-refractivity contribution is -0.116. The fraction of sp³-hybridized carbons (Fsp3) is 0.350. The molecule has 0 bridgehead atoms. The minimum atomic E-state index is -3.44. The Labute approximate surface area is 175 Å². The number of halogens is 1. The predicted molar refractivity (Wildman–Crippen MR) is 114 cm³/mol. The van der Waals surface area contributed by atoms with E-state index in [4.69, 9.17) is 11.6 Å². The molecule has 1 aliphatic rings. The molecule has 5 nitrogen and oxygen atoms in total. The topological polar surface area (TPSA) is 66.5 Å². The van der Waals surface area contributed by atoms with E-state index in [1.54, 1.807) is 28.6 Å². The van der Waals surface area contributed by atoms with Gasteiger partial charge in [-0.3, -0.25) is 4.79 Å². The summed E-state index contributed by atoms with van der Waals surface area (Å²) in [4.78, 5) is 12.8. The average Bonchev–Trinajstić information content (AvgIpc) is 2.99. The molecule has 1 N–H and O–H groups in total. The van der Waals surface area contributed by atoms with Crippen molar-refractivity contribution in [2.45, 2.75) is 36.4 Å². The van der Waals surface area contributed by atoms with Gasteiger partial charge in [-0.1, -0.05) is 42.6 Å². The third kappa shape index (κ3) is 5.44. The first kappa shape index (κ1) is 21.0. The number of sulfonamides is 1. The number of thiophene rings is 1. The molecule has 2 aromatic rings. The Morgan fingerprint density at radius 2 is 1.82 bits per heavy atom. The van der Waals surface area contributed by atoms with E-state index in [1.165, 1.54) is 17.4 Å². The number of nitrogens with one attached hydrogen (secondary N) is 1. The normalized spacial score (nSPS) is 16.2. The van der Waals surface area contributed by atoms with Gasteiger partial charge in [0.05, 0.1) is 6.54 Å². The Kier molecular flexibility index (Phi) is 7.29. The molecule has 1 saturated heterocycles. The van der Waals surface area contributed by atoms with Crippen LogP contribution >= 0.6 is 22.9 Å². The number of amides is 1. The van der Waals surface area contributed by atoms with Crippen LogP contribution in [0, 0.1) is 0 Å². The quantitative estimate of drug-likeness (QED) is 0.684. The highest BCUT2D eigenvalue weighted by Crippen LogP contribution is 2.26. The van der Waals surface area contributed by atoms with E-state index in [9.17, 15) is 13.2 Å². The summed E-state index contributed by atoms with van der Waals surface area (Å²) in [7, 11) is -3.44. The van der Waals surface area contributed by atoms with E-state index in [0.717, 1.165) is 36.1 Å². The number of nitrogens with zero attached hydrogens (tertiary/aromatic N) is 1. The van der Waals surface area contributed by atoms with Crippen molar-refractivity contribution in [3.8, 4) is 0 Å². The number of hydrogen-bond donors (Lipinski definition) is 1. The summed E-state index contributed by atoms with van der Waals surface area (Å²) in [5.74, 6) is -0.259. The van der Waals surface area contributed by atoms with E-state index in [0.29, 0.717) is 22.3 Å². The molecule has 1 amide bonds. The summed E-state index contributed by atoms with van der Waals surface area (Å²) < 4.78 is 27.5. The number of carbonyl (C=O) groups excluding carboxylic acids is 1. The highest BCUT2D eigenvalue weighted by Gasteiger charge is 2.26. The highest BCUT2D eigenvalue weighted by atomic mass is 35.5. The summed E-state index contributed by atoms with van der Waals surface area (Å²) in [6, 6.07) is 10.6. The number of carbonyl (C=O) groups is 1. The zero-order chi connectivity index (χ0) is 20.0. The van der Waals surface area contributed by atoms with Crippen LogP contribution in [0.5, 0.6) is 0 Å². The van der Waals surface area contributed by atoms with Crippen molar-refractivity contribution in [3.05, 3.63) is 57.9 Å². The summed E-state index contributed by atoms with van der Waals surface area (Å²) in [5.41, 5.74) is 0.765. The monoisotopic (exact) mass is 438 g/mol. The Morgan fingerprint density at radius 1 is 1.11 bits per heavy atom. The van der Waals surface area contributed by atoms with Crippen molar-refractivity contribution in [2.75, 3.05) is 13.1 Å². The molecule has 1 aromatic heterocycles. The first-order valence-corrected chi connectivity index (χ1v) is 11.9. The van der Waals surface area contributed by atoms with Crippen LogP contribution in [0.2, 0.25) is 5.02 Å². The molecule has 0 aliphatic carbocycles. The minimum Gasteiger partial charge on any atom is -0.348 e.